The third-order valence-corrected chi connectivity index (χ3v) is 5.92. The molecule has 0 aliphatic carbocycles. The lowest BCUT2D eigenvalue weighted by atomic mass is 10.2. The van der Waals surface area contributed by atoms with Crippen LogP contribution in [0.1, 0.15) is 28.9 Å². The van der Waals surface area contributed by atoms with E-state index in [9.17, 15) is 9.59 Å². The summed E-state index contributed by atoms with van der Waals surface area (Å²) in [6, 6.07) is 13.5. The van der Waals surface area contributed by atoms with Crippen LogP contribution in [0.4, 0.5) is 0 Å². The minimum Gasteiger partial charge on any atom is -0.454 e. The zero-order valence-corrected chi connectivity index (χ0v) is 19.3. The van der Waals surface area contributed by atoms with Crippen LogP contribution in [0.3, 0.4) is 0 Å². The van der Waals surface area contributed by atoms with Crippen molar-refractivity contribution < 1.29 is 14.3 Å². The number of rotatable bonds is 6. The van der Waals surface area contributed by atoms with Crippen LogP contribution >= 0.6 is 0 Å². The molecule has 5 rings (SSSR count). The second kappa shape index (κ2) is 8.66. The van der Waals surface area contributed by atoms with Gasteiger partial charge in [0.25, 0.3) is 5.56 Å². The molecule has 0 saturated carbocycles. The van der Waals surface area contributed by atoms with Crippen LogP contribution in [0.5, 0.6) is 11.5 Å². The molecule has 0 fully saturated rings. The van der Waals surface area contributed by atoms with E-state index in [0.717, 1.165) is 22.5 Å². The van der Waals surface area contributed by atoms with E-state index in [-0.39, 0.29) is 31.1 Å². The number of nitrogens with one attached hydrogen (secondary N) is 1. The molecule has 1 aliphatic heterocycles. The number of amides is 1. The maximum Gasteiger partial charge on any atom is 0.273 e. The SMILES string of the molecule is Cc1ccc(-n2nc(C)c3nc(CCC(=O)NCc4ccc5c(c4)OCO5)c(=O)n(C)c32)cc1. The van der Waals surface area contributed by atoms with Crippen LogP contribution in [-0.4, -0.2) is 32.0 Å². The van der Waals surface area contributed by atoms with Crippen molar-refractivity contribution in [3.05, 3.63) is 75.3 Å². The number of fused-ring (bicyclic) bond motifs is 2. The van der Waals surface area contributed by atoms with Gasteiger partial charge in [-0.05, 0) is 43.7 Å². The summed E-state index contributed by atoms with van der Waals surface area (Å²) in [5.74, 6) is 1.22. The molecule has 1 aliphatic rings. The van der Waals surface area contributed by atoms with Gasteiger partial charge in [-0.25, -0.2) is 9.67 Å². The maximum absolute atomic E-state index is 13.0. The Bertz CT molecular complexity index is 1450. The van der Waals surface area contributed by atoms with Gasteiger partial charge < -0.3 is 14.8 Å². The Kier molecular flexibility index (Phi) is 5.53. The summed E-state index contributed by atoms with van der Waals surface area (Å²) in [6.07, 6.45) is 0.397. The van der Waals surface area contributed by atoms with Crippen LogP contribution in [-0.2, 0) is 24.8 Å². The van der Waals surface area contributed by atoms with E-state index in [2.05, 4.69) is 15.4 Å². The van der Waals surface area contributed by atoms with Crippen LogP contribution in [0.15, 0.2) is 47.3 Å². The zero-order valence-electron chi connectivity index (χ0n) is 19.3. The molecule has 9 heteroatoms. The minimum absolute atomic E-state index is 0.156. The van der Waals surface area contributed by atoms with E-state index >= 15 is 0 Å². The van der Waals surface area contributed by atoms with Gasteiger partial charge in [0, 0.05) is 26.4 Å². The Labute approximate surface area is 195 Å². The Morgan fingerprint density at radius 1 is 1.09 bits per heavy atom. The lowest BCUT2D eigenvalue weighted by Crippen LogP contribution is -2.27. The molecule has 0 radical (unpaired) electrons. The number of aromatic nitrogens is 4. The van der Waals surface area contributed by atoms with E-state index < -0.39 is 0 Å². The largest absolute Gasteiger partial charge is 0.454 e. The predicted molar refractivity (Wildman–Crippen MR) is 126 cm³/mol. The third kappa shape index (κ3) is 4.00. The molecule has 0 saturated heterocycles. The normalized spacial score (nSPS) is 12.3. The predicted octanol–water partition coefficient (Wildman–Crippen LogP) is 2.71. The smallest absolute Gasteiger partial charge is 0.273 e. The molecule has 0 unspecified atom stereocenters. The molecule has 0 bridgehead atoms. The summed E-state index contributed by atoms with van der Waals surface area (Å²) in [6.45, 7) is 4.46. The molecule has 2 aromatic carbocycles. The van der Waals surface area contributed by atoms with Crippen molar-refractivity contribution in [1.82, 2.24) is 24.6 Å². The summed E-state index contributed by atoms with van der Waals surface area (Å²) in [7, 11) is 1.71. The molecule has 0 atom stereocenters. The van der Waals surface area contributed by atoms with Crippen LogP contribution < -0.4 is 20.3 Å². The number of ether oxygens (including phenoxy) is 2. The Morgan fingerprint density at radius 2 is 1.85 bits per heavy atom. The fourth-order valence-electron chi connectivity index (χ4n) is 4.01. The maximum atomic E-state index is 13.0. The van der Waals surface area contributed by atoms with E-state index in [1.165, 1.54) is 0 Å². The van der Waals surface area contributed by atoms with Crippen LogP contribution in [0, 0.1) is 13.8 Å². The molecule has 2 aromatic heterocycles. The first kappa shape index (κ1) is 21.7. The van der Waals surface area contributed by atoms with E-state index in [1.807, 2.05) is 56.3 Å². The number of hydrogen-bond acceptors (Lipinski definition) is 6. The van der Waals surface area contributed by atoms with Crippen molar-refractivity contribution in [2.24, 2.45) is 7.05 Å². The van der Waals surface area contributed by atoms with E-state index in [0.29, 0.717) is 34.9 Å². The highest BCUT2D eigenvalue weighted by molar-refractivity contribution is 5.77. The fraction of sp³-hybridized carbons (Fsp3) is 0.280. The number of carbonyl (C=O) groups is 1. The van der Waals surface area contributed by atoms with Gasteiger partial charge in [-0.2, -0.15) is 5.10 Å². The minimum atomic E-state index is -0.232. The molecule has 4 aromatic rings. The second-order valence-electron chi connectivity index (χ2n) is 8.39. The van der Waals surface area contributed by atoms with Gasteiger partial charge in [-0.1, -0.05) is 23.8 Å². The Balaban J connectivity index is 1.31. The number of carbonyl (C=O) groups excluding carboxylic acids is 1. The van der Waals surface area contributed by atoms with Gasteiger partial charge in [-0.3, -0.25) is 14.2 Å². The van der Waals surface area contributed by atoms with Crippen LogP contribution in [0.2, 0.25) is 0 Å². The quantitative estimate of drug-likeness (QED) is 0.476. The standard InChI is InChI=1S/C25H25N5O4/c1-15-4-7-18(8-5-15)30-24-23(16(2)28-30)27-19(25(32)29(24)3)9-11-22(31)26-13-17-6-10-20-21(12-17)34-14-33-20/h4-8,10,12H,9,11,13-14H2,1-3H3,(H,26,31). The molecule has 0 spiro atoms. The van der Waals surface area contributed by atoms with Gasteiger partial charge in [0.05, 0.1) is 11.4 Å². The molecule has 174 valence electrons. The third-order valence-electron chi connectivity index (χ3n) is 5.92. The summed E-state index contributed by atoms with van der Waals surface area (Å²) in [4.78, 5) is 30.1. The highest BCUT2D eigenvalue weighted by Crippen LogP contribution is 2.32. The highest BCUT2D eigenvalue weighted by Gasteiger charge is 2.18. The van der Waals surface area contributed by atoms with Gasteiger partial charge in [0.1, 0.15) is 11.2 Å². The topological polar surface area (TPSA) is 100 Å². The monoisotopic (exact) mass is 459 g/mol. The van der Waals surface area contributed by atoms with Crippen molar-refractivity contribution in [2.45, 2.75) is 33.2 Å². The van der Waals surface area contributed by atoms with Crippen molar-refractivity contribution in [3.8, 4) is 17.2 Å². The number of hydrogen-bond donors (Lipinski definition) is 1. The number of aryl methyl sites for hydroxylation is 4. The molecular formula is C25H25N5O4. The van der Waals surface area contributed by atoms with Crippen molar-refractivity contribution >= 4 is 17.1 Å². The fourth-order valence-corrected chi connectivity index (χ4v) is 4.01. The van der Waals surface area contributed by atoms with Gasteiger partial charge in [0.15, 0.2) is 17.1 Å². The van der Waals surface area contributed by atoms with Crippen molar-refractivity contribution in [3.63, 3.8) is 0 Å². The van der Waals surface area contributed by atoms with E-state index in [1.54, 1.807) is 16.3 Å². The first-order valence-corrected chi connectivity index (χ1v) is 11.1. The summed E-state index contributed by atoms with van der Waals surface area (Å²) >= 11 is 0. The molecule has 9 nitrogen and oxygen atoms in total. The number of nitrogens with zero attached hydrogens (tertiary/aromatic N) is 4. The first-order chi connectivity index (χ1) is 16.4. The average molecular weight is 460 g/mol. The van der Waals surface area contributed by atoms with Gasteiger partial charge in [0.2, 0.25) is 12.7 Å². The molecule has 1 N–H and O–H groups in total. The molecule has 34 heavy (non-hydrogen) atoms. The summed E-state index contributed by atoms with van der Waals surface area (Å²) in [5.41, 5.74) is 5.02. The zero-order chi connectivity index (χ0) is 23.8. The highest BCUT2D eigenvalue weighted by atomic mass is 16.7. The molecule has 3 heterocycles. The Hall–Kier alpha value is -4.14. The summed E-state index contributed by atoms with van der Waals surface area (Å²) in [5, 5.41) is 7.50. The van der Waals surface area contributed by atoms with Crippen LogP contribution in [0.25, 0.3) is 16.9 Å². The molecular weight excluding hydrogens is 434 g/mol. The van der Waals surface area contributed by atoms with Crippen molar-refractivity contribution in [1.29, 1.82) is 0 Å². The average Bonchev–Trinajstić information content (AvgIpc) is 3.43. The first-order valence-electron chi connectivity index (χ1n) is 11.1. The van der Waals surface area contributed by atoms with Crippen molar-refractivity contribution in [2.75, 3.05) is 6.79 Å². The van der Waals surface area contributed by atoms with Gasteiger partial charge >= 0.3 is 0 Å². The Morgan fingerprint density at radius 3 is 2.65 bits per heavy atom. The summed E-state index contributed by atoms with van der Waals surface area (Å²) < 4.78 is 14.0. The lowest BCUT2D eigenvalue weighted by Gasteiger charge is -2.09. The lowest BCUT2D eigenvalue weighted by molar-refractivity contribution is -0.121. The van der Waals surface area contributed by atoms with E-state index in [4.69, 9.17) is 9.47 Å². The number of benzene rings is 2. The molecule has 1 amide bonds. The van der Waals surface area contributed by atoms with Gasteiger partial charge in [-0.15, -0.1) is 0 Å². The second-order valence-corrected chi connectivity index (χ2v) is 8.39.